The zero-order valence-electron chi connectivity index (χ0n) is 12.7. The van der Waals surface area contributed by atoms with Crippen molar-refractivity contribution in [1.29, 1.82) is 0 Å². The second-order valence-electron chi connectivity index (χ2n) is 5.24. The molecule has 2 aromatic carbocycles. The maximum atomic E-state index is 12.4. The SMILES string of the molecule is O=C1SC(=Cc2ccc(Cl)cc2)C(=O)N1Cc1ccc([N+](=O)[O-])cc1. The van der Waals surface area contributed by atoms with Crippen molar-refractivity contribution in [1.82, 2.24) is 4.90 Å². The number of carbonyl (C=O) groups is 2. The molecule has 1 saturated heterocycles. The van der Waals surface area contributed by atoms with E-state index in [2.05, 4.69) is 0 Å². The summed E-state index contributed by atoms with van der Waals surface area (Å²) in [6.45, 7) is 0.0701. The van der Waals surface area contributed by atoms with Crippen LogP contribution < -0.4 is 0 Å². The summed E-state index contributed by atoms with van der Waals surface area (Å²) in [7, 11) is 0. The molecular formula is C17H11ClN2O4S. The summed E-state index contributed by atoms with van der Waals surface area (Å²) >= 11 is 6.69. The Labute approximate surface area is 152 Å². The molecule has 0 bridgehead atoms. The molecule has 1 fully saturated rings. The van der Waals surface area contributed by atoms with Crippen LogP contribution in [0.1, 0.15) is 11.1 Å². The smallest absolute Gasteiger partial charge is 0.268 e. The minimum absolute atomic E-state index is 0.0412. The first-order valence-electron chi connectivity index (χ1n) is 7.18. The Kier molecular flexibility index (Phi) is 4.87. The van der Waals surface area contributed by atoms with Crippen LogP contribution in [-0.2, 0) is 11.3 Å². The number of non-ortho nitro benzene ring substituents is 1. The van der Waals surface area contributed by atoms with Crippen molar-refractivity contribution in [2.45, 2.75) is 6.54 Å². The highest BCUT2D eigenvalue weighted by molar-refractivity contribution is 8.18. The largest absolute Gasteiger partial charge is 0.293 e. The third kappa shape index (κ3) is 3.89. The highest BCUT2D eigenvalue weighted by Gasteiger charge is 2.35. The standard InChI is InChI=1S/C17H11ClN2O4S/c18-13-5-1-11(2-6-13)9-15-16(21)19(17(22)25-15)10-12-3-7-14(8-4-12)20(23)24/h1-9H,10H2. The lowest BCUT2D eigenvalue weighted by Crippen LogP contribution is -2.27. The van der Waals surface area contributed by atoms with Gasteiger partial charge in [-0.05, 0) is 41.1 Å². The molecule has 2 amide bonds. The molecule has 1 aliphatic rings. The third-order valence-corrected chi connectivity index (χ3v) is 4.69. The van der Waals surface area contributed by atoms with Crippen LogP contribution in [0.3, 0.4) is 0 Å². The molecule has 126 valence electrons. The molecule has 6 nitrogen and oxygen atoms in total. The number of thioether (sulfide) groups is 1. The van der Waals surface area contributed by atoms with Crippen molar-refractivity contribution in [3.8, 4) is 0 Å². The monoisotopic (exact) mass is 374 g/mol. The first-order chi connectivity index (χ1) is 11.9. The Morgan fingerprint density at radius 1 is 1.08 bits per heavy atom. The number of nitro benzene ring substituents is 1. The van der Waals surface area contributed by atoms with Crippen LogP contribution in [0.25, 0.3) is 6.08 Å². The maximum absolute atomic E-state index is 12.4. The van der Waals surface area contributed by atoms with E-state index in [1.807, 2.05) is 0 Å². The summed E-state index contributed by atoms with van der Waals surface area (Å²) in [6, 6.07) is 12.7. The summed E-state index contributed by atoms with van der Waals surface area (Å²) in [4.78, 5) is 36.2. The predicted molar refractivity (Wildman–Crippen MR) is 96.1 cm³/mol. The molecule has 0 radical (unpaired) electrons. The number of hydrogen-bond donors (Lipinski definition) is 0. The molecule has 1 aliphatic heterocycles. The molecule has 0 saturated carbocycles. The van der Waals surface area contributed by atoms with Gasteiger partial charge in [0.15, 0.2) is 0 Å². The van der Waals surface area contributed by atoms with Crippen LogP contribution in [-0.4, -0.2) is 21.0 Å². The van der Waals surface area contributed by atoms with Gasteiger partial charge >= 0.3 is 0 Å². The first kappa shape index (κ1) is 17.2. The zero-order chi connectivity index (χ0) is 18.0. The van der Waals surface area contributed by atoms with E-state index in [0.717, 1.165) is 22.2 Å². The van der Waals surface area contributed by atoms with Gasteiger partial charge in [-0.3, -0.25) is 24.6 Å². The summed E-state index contributed by atoms with van der Waals surface area (Å²) < 4.78 is 0. The second-order valence-corrected chi connectivity index (χ2v) is 6.67. The number of carbonyl (C=O) groups excluding carboxylic acids is 2. The van der Waals surface area contributed by atoms with E-state index in [-0.39, 0.29) is 23.4 Å². The van der Waals surface area contributed by atoms with Crippen molar-refractivity contribution < 1.29 is 14.5 Å². The normalized spacial score (nSPS) is 15.9. The number of amides is 2. The van der Waals surface area contributed by atoms with Crippen LogP contribution in [0.4, 0.5) is 10.5 Å². The van der Waals surface area contributed by atoms with Gasteiger partial charge < -0.3 is 0 Å². The molecule has 0 atom stereocenters. The number of rotatable bonds is 4. The Bertz CT molecular complexity index is 879. The van der Waals surface area contributed by atoms with Gasteiger partial charge in [0, 0.05) is 17.2 Å². The van der Waals surface area contributed by atoms with E-state index < -0.39 is 4.92 Å². The molecule has 0 aliphatic carbocycles. The van der Waals surface area contributed by atoms with E-state index in [0.29, 0.717) is 15.5 Å². The average Bonchev–Trinajstić information content (AvgIpc) is 2.85. The van der Waals surface area contributed by atoms with Gasteiger partial charge in [-0.25, -0.2) is 0 Å². The number of imide groups is 1. The molecular weight excluding hydrogens is 364 g/mol. The van der Waals surface area contributed by atoms with Crippen LogP contribution in [0.2, 0.25) is 5.02 Å². The third-order valence-electron chi connectivity index (χ3n) is 3.53. The van der Waals surface area contributed by atoms with Crippen LogP contribution >= 0.6 is 23.4 Å². The van der Waals surface area contributed by atoms with Gasteiger partial charge in [-0.2, -0.15) is 0 Å². The summed E-state index contributed by atoms with van der Waals surface area (Å²) in [5.74, 6) is -0.386. The quantitative estimate of drug-likeness (QED) is 0.447. The highest BCUT2D eigenvalue weighted by atomic mass is 35.5. The van der Waals surface area contributed by atoms with Gasteiger partial charge in [-0.1, -0.05) is 35.9 Å². The Morgan fingerprint density at radius 3 is 2.32 bits per heavy atom. The number of halogens is 1. The summed E-state index contributed by atoms with van der Waals surface area (Å²) in [5, 5.41) is 10.9. The summed E-state index contributed by atoms with van der Waals surface area (Å²) in [6.07, 6.45) is 1.64. The fraction of sp³-hybridized carbons (Fsp3) is 0.0588. The van der Waals surface area contributed by atoms with Crippen molar-refractivity contribution >= 4 is 46.3 Å². The van der Waals surface area contributed by atoms with Gasteiger partial charge in [0.25, 0.3) is 16.8 Å². The Balaban J connectivity index is 1.77. The summed E-state index contributed by atoms with van der Waals surface area (Å²) in [5.41, 5.74) is 1.37. The van der Waals surface area contributed by atoms with Crippen molar-refractivity contribution in [3.05, 3.63) is 79.7 Å². The van der Waals surface area contributed by atoms with Crippen molar-refractivity contribution in [3.63, 3.8) is 0 Å². The molecule has 25 heavy (non-hydrogen) atoms. The van der Waals surface area contributed by atoms with Gasteiger partial charge in [0.1, 0.15) is 0 Å². The minimum Gasteiger partial charge on any atom is -0.268 e. The average molecular weight is 375 g/mol. The minimum atomic E-state index is -0.501. The first-order valence-corrected chi connectivity index (χ1v) is 8.38. The molecule has 0 spiro atoms. The molecule has 0 N–H and O–H groups in total. The lowest BCUT2D eigenvalue weighted by Gasteiger charge is -2.12. The van der Waals surface area contributed by atoms with Gasteiger partial charge in [0.2, 0.25) is 0 Å². The van der Waals surface area contributed by atoms with E-state index in [1.165, 1.54) is 24.3 Å². The van der Waals surface area contributed by atoms with Crippen LogP contribution in [0.5, 0.6) is 0 Å². The highest BCUT2D eigenvalue weighted by Crippen LogP contribution is 2.33. The van der Waals surface area contributed by atoms with Crippen LogP contribution in [0, 0.1) is 10.1 Å². The zero-order valence-corrected chi connectivity index (χ0v) is 14.3. The number of nitrogens with zero attached hydrogens (tertiary/aromatic N) is 2. The molecule has 3 rings (SSSR count). The van der Waals surface area contributed by atoms with E-state index in [9.17, 15) is 19.7 Å². The van der Waals surface area contributed by atoms with Gasteiger partial charge in [-0.15, -0.1) is 0 Å². The number of benzene rings is 2. The van der Waals surface area contributed by atoms with Crippen molar-refractivity contribution in [2.75, 3.05) is 0 Å². The van der Waals surface area contributed by atoms with Gasteiger partial charge in [0.05, 0.1) is 16.4 Å². The maximum Gasteiger partial charge on any atom is 0.293 e. The lowest BCUT2D eigenvalue weighted by atomic mass is 10.2. The molecule has 0 aromatic heterocycles. The molecule has 8 heteroatoms. The fourth-order valence-electron chi connectivity index (χ4n) is 2.25. The second kappa shape index (κ2) is 7.08. The van der Waals surface area contributed by atoms with Crippen LogP contribution in [0.15, 0.2) is 53.4 Å². The Hall–Kier alpha value is -2.64. The molecule has 2 aromatic rings. The van der Waals surface area contributed by atoms with E-state index in [1.54, 1.807) is 30.3 Å². The Morgan fingerprint density at radius 2 is 1.72 bits per heavy atom. The molecule has 1 heterocycles. The lowest BCUT2D eigenvalue weighted by molar-refractivity contribution is -0.384. The van der Waals surface area contributed by atoms with E-state index >= 15 is 0 Å². The topological polar surface area (TPSA) is 80.5 Å². The van der Waals surface area contributed by atoms with E-state index in [4.69, 9.17) is 11.6 Å². The van der Waals surface area contributed by atoms with Crippen molar-refractivity contribution in [2.24, 2.45) is 0 Å². The molecule has 0 unspecified atom stereocenters. The number of hydrogen-bond acceptors (Lipinski definition) is 5. The fourth-order valence-corrected chi connectivity index (χ4v) is 3.22. The number of nitro groups is 1. The predicted octanol–water partition coefficient (Wildman–Crippen LogP) is 4.48.